The molecule has 1 atom stereocenters. The number of carbonyl (C=O) groups excluding carboxylic acids is 2. The zero-order chi connectivity index (χ0) is 15.0. The van der Waals surface area contributed by atoms with Crippen molar-refractivity contribution in [2.24, 2.45) is 0 Å². The number of urea groups is 1. The minimum absolute atomic E-state index is 0.217. The largest absolute Gasteiger partial charge is 0.325 e. The van der Waals surface area contributed by atoms with Crippen molar-refractivity contribution in [2.75, 3.05) is 0 Å². The Labute approximate surface area is 134 Å². The number of halogens is 1. The molecule has 1 saturated heterocycles. The smallest absolute Gasteiger partial charge is 0.319 e. The Morgan fingerprint density at radius 3 is 2.52 bits per heavy atom. The molecule has 6 heteroatoms. The third kappa shape index (κ3) is 2.49. The van der Waals surface area contributed by atoms with E-state index in [1.165, 1.54) is 16.2 Å². The van der Waals surface area contributed by atoms with E-state index in [9.17, 15) is 9.59 Å². The molecule has 4 nitrogen and oxygen atoms in total. The summed E-state index contributed by atoms with van der Waals surface area (Å²) < 4.78 is 0.933. The Morgan fingerprint density at radius 2 is 1.90 bits per heavy atom. The summed E-state index contributed by atoms with van der Waals surface area (Å²) in [7, 11) is 0. The van der Waals surface area contributed by atoms with Crippen molar-refractivity contribution in [2.45, 2.75) is 19.0 Å². The maximum Gasteiger partial charge on any atom is 0.325 e. The zero-order valence-corrected chi connectivity index (χ0v) is 13.7. The lowest BCUT2D eigenvalue weighted by molar-refractivity contribution is -0.131. The van der Waals surface area contributed by atoms with Crippen LogP contribution in [0.4, 0.5) is 4.79 Å². The summed E-state index contributed by atoms with van der Waals surface area (Å²) in [6.07, 6.45) is 0. The third-order valence-corrected chi connectivity index (χ3v) is 5.37. The highest BCUT2D eigenvalue weighted by molar-refractivity contribution is 9.11. The topological polar surface area (TPSA) is 49.4 Å². The zero-order valence-electron chi connectivity index (χ0n) is 11.3. The van der Waals surface area contributed by atoms with E-state index in [0.717, 1.165) is 14.2 Å². The molecule has 21 heavy (non-hydrogen) atoms. The van der Waals surface area contributed by atoms with E-state index >= 15 is 0 Å². The normalized spacial score (nSPS) is 21.7. The fourth-order valence-corrected chi connectivity index (χ4v) is 3.84. The SMILES string of the molecule is CC1(c2ccc(Br)s2)NC(=O)N(Cc2ccccc2)C1=O. The maximum absolute atomic E-state index is 12.7. The van der Waals surface area contributed by atoms with Gasteiger partial charge in [-0.1, -0.05) is 30.3 Å². The van der Waals surface area contributed by atoms with Crippen molar-refractivity contribution < 1.29 is 9.59 Å². The van der Waals surface area contributed by atoms with Crippen molar-refractivity contribution in [1.82, 2.24) is 10.2 Å². The molecule has 1 unspecified atom stereocenters. The first-order valence-corrected chi connectivity index (χ1v) is 8.05. The quantitative estimate of drug-likeness (QED) is 0.847. The number of hydrogen-bond acceptors (Lipinski definition) is 3. The van der Waals surface area contributed by atoms with Gasteiger partial charge in [0.05, 0.1) is 10.3 Å². The molecule has 1 fully saturated rings. The average molecular weight is 365 g/mol. The van der Waals surface area contributed by atoms with Crippen LogP contribution in [-0.4, -0.2) is 16.8 Å². The van der Waals surface area contributed by atoms with Crippen molar-refractivity contribution in [3.8, 4) is 0 Å². The Bertz CT molecular complexity index is 701. The summed E-state index contributed by atoms with van der Waals surface area (Å²) in [4.78, 5) is 26.9. The molecule has 3 rings (SSSR count). The van der Waals surface area contributed by atoms with Crippen LogP contribution in [0.2, 0.25) is 0 Å². The molecule has 2 aromatic rings. The number of carbonyl (C=O) groups is 2. The predicted octanol–water partition coefficient (Wildman–Crippen LogP) is 3.48. The van der Waals surface area contributed by atoms with Gasteiger partial charge in [-0.2, -0.15) is 0 Å². The number of benzene rings is 1. The Hall–Kier alpha value is -1.66. The van der Waals surface area contributed by atoms with Crippen molar-refractivity contribution in [3.63, 3.8) is 0 Å². The van der Waals surface area contributed by atoms with Crippen LogP contribution in [0, 0.1) is 0 Å². The second-order valence-electron chi connectivity index (χ2n) is 5.04. The van der Waals surface area contributed by atoms with Gasteiger partial charge in [-0.05, 0) is 40.5 Å². The first kappa shape index (κ1) is 14.3. The molecule has 1 aromatic heterocycles. The molecule has 0 bridgehead atoms. The molecule has 0 radical (unpaired) electrons. The molecule has 108 valence electrons. The molecular formula is C15H13BrN2O2S. The third-order valence-electron chi connectivity index (χ3n) is 3.52. The highest BCUT2D eigenvalue weighted by Gasteiger charge is 2.49. The Balaban J connectivity index is 1.88. The lowest BCUT2D eigenvalue weighted by Crippen LogP contribution is -2.40. The van der Waals surface area contributed by atoms with E-state index in [-0.39, 0.29) is 18.5 Å². The number of rotatable bonds is 3. The fraction of sp³-hybridized carbons (Fsp3) is 0.200. The van der Waals surface area contributed by atoms with E-state index in [4.69, 9.17) is 0 Å². The molecule has 0 saturated carbocycles. The Morgan fingerprint density at radius 1 is 1.19 bits per heavy atom. The van der Waals surface area contributed by atoms with Gasteiger partial charge < -0.3 is 5.32 Å². The number of amides is 3. The number of hydrogen-bond donors (Lipinski definition) is 1. The number of imide groups is 1. The van der Waals surface area contributed by atoms with E-state index in [1.54, 1.807) is 6.92 Å². The van der Waals surface area contributed by atoms with Gasteiger partial charge in [-0.15, -0.1) is 11.3 Å². The first-order valence-electron chi connectivity index (χ1n) is 6.44. The summed E-state index contributed by atoms with van der Waals surface area (Å²) in [5.41, 5.74) is -0.0552. The summed E-state index contributed by atoms with van der Waals surface area (Å²) in [6, 6.07) is 12.9. The molecule has 2 heterocycles. The predicted molar refractivity (Wildman–Crippen MR) is 84.9 cm³/mol. The van der Waals surface area contributed by atoms with Crippen LogP contribution in [0.25, 0.3) is 0 Å². The van der Waals surface area contributed by atoms with Crippen LogP contribution in [0.15, 0.2) is 46.3 Å². The second-order valence-corrected chi connectivity index (χ2v) is 7.50. The molecule has 1 aliphatic rings. The van der Waals surface area contributed by atoms with Crippen LogP contribution in [0.5, 0.6) is 0 Å². The highest BCUT2D eigenvalue weighted by atomic mass is 79.9. The van der Waals surface area contributed by atoms with E-state index in [1.807, 2.05) is 42.5 Å². The molecule has 1 aliphatic heterocycles. The molecular weight excluding hydrogens is 352 g/mol. The molecule has 3 amide bonds. The van der Waals surface area contributed by atoms with Crippen molar-refractivity contribution >= 4 is 39.2 Å². The molecule has 1 aromatic carbocycles. The number of thiophene rings is 1. The van der Waals surface area contributed by atoms with Crippen LogP contribution in [0.3, 0.4) is 0 Å². The molecule has 0 aliphatic carbocycles. The summed E-state index contributed by atoms with van der Waals surface area (Å²) in [6.45, 7) is 2.03. The maximum atomic E-state index is 12.7. The molecule has 1 N–H and O–H groups in total. The standard InChI is InChI=1S/C15H13BrN2O2S/c1-15(11-7-8-12(16)21-11)13(19)18(14(20)17-15)9-10-5-3-2-4-6-10/h2-8H,9H2,1H3,(H,17,20). The van der Waals surface area contributed by atoms with Crippen LogP contribution in [0.1, 0.15) is 17.4 Å². The number of nitrogens with zero attached hydrogens (tertiary/aromatic N) is 1. The second kappa shape index (κ2) is 5.27. The van der Waals surface area contributed by atoms with Crippen molar-refractivity contribution in [3.05, 3.63) is 56.7 Å². The molecule has 0 spiro atoms. The van der Waals surface area contributed by atoms with Gasteiger partial charge >= 0.3 is 6.03 Å². The summed E-state index contributed by atoms with van der Waals surface area (Å²) >= 11 is 4.84. The minimum atomic E-state index is -0.984. The van der Waals surface area contributed by atoms with Gasteiger partial charge in [0.25, 0.3) is 5.91 Å². The Kier molecular flexibility index (Phi) is 3.59. The average Bonchev–Trinajstić information content (AvgIpc) is 2.99. The highest BCUT2D eigenvalue weighted by Crippen LogP contribution is 2.35. The van der Waals surface area contributed by atoms with Gasteiger partial charge in [0.2, 0.25) is 0 Å². The van der Waals surface area contributed by atoms with E-state index in [0.29, 0.717) is 0 Å². The van der Waals surface area contributed by atoms with Gasteiger partial charge in [0.15, 0.2) is 5.54 Å². The summed E-state index contributed by atoms with van der Waals surface area (Å²) in [5.74, 6) is -0.217. The van der Waals surface area contributed by atoms with E-state index in [2.05, 4.69) is 21.2 Å². The van der Waals surface area contributed by atoms with Crippen LogP contribution >= 0.6 is 27.3 Å². The summed E-state index contributed by atoms with van der Waals surface area (Å²) in [5, 5.41) is 2.81. The minimum Gasteiger partial charge on any atom is -0.319 e. The monoisotopic (exact) mass is 364 g/mol. The fourth-order valence-electron chi connectivity index (χ4n) is 2.36. The lowest BCUT2D eigenvalue weighted by atomic mass is 10.0. The van der Waals surface area contributed by atoms with Gasteiger partial charge in [0, 0.05) is 4.88 Å². The first-order chi connectivity index (χ1) is 10.0. The van der Waals surface area contributed by atoms with Gasteiger partial charge in [-0.25, -0.2) is 4.79 Å². The van der Waals surface area contributed by atoms with Crippen LogP contribution < -0.4 is 5.32 Å². The number of nitrogens with one attached hydrogen (secondary N) is 1. The van der Waals surface area contributed by atoms with Gasteiger partial charge in [0.1, 0.15) is 0 Å². The van der Waals surface area contributed by atoms with Gasteiger partial charge in [-0.3, -0.25) is 9.69 Å². The lowest BCUT2D eigenvalue weighted by Gasteiger charge is -2.20. The van der Waals surface area contributed by atoms with Crippen molar-refractivity contribution in [1.29, 1.82) is 0 Å². The van der Waals surface area contributed by atoms with E-state index < -0.39 is 5.54 Å². The van der Waals surface area contributed by atoms with Crippen LogP contribution in [-0.2, 0) is 16.9 Å².